The number of allylic oxidation sites excluding steroid dienone is 1. The van der Waals surface area contributed by atoms with Gasteiger partial charge in [0.1, 0.15) is 0 Å². The predicted octanol–water partition coefficient (Wildman–Crippen LogP) is 4.55. The van der Waals surface area contributed by atoms with Gasteiger partial charge in [0.05, 0.1) is 0 Å². The Morgan fingerprint density at radius 3 is 2.30 bits per heavy atom. The lowest BCUT2D eigenvalue weighted by Crippen LogP contribution is -2.29. The second-order valence-corrected chi connectivity index (χ2v) is 5.43. The number of benzene rings is 2. The van der Waals surface area contributed by atoms with Gasteiger partial charge in [-0.1, -0.05) is 66.7 Å². The molecule has 0 heterocycles. The summed E-state index contributed by atoms with van der Waals surface area (Å²) in [7, 11) is 0. The third kappa shape index (κ3) is 3.37. The highest BCUT2D eigenvalue weighted by molar-refractivity contribution is 5.63. The van der Waals surface area contributed by atoms with Crippen molar-refractivity contribution in [3.8, 4) is 11.1 Å². The summed E-state index contributed by atoms with van der Waals surface area (Å²) in [5.41, 5.74) is 3.93. The van der Waals surface area contributed by atoms with Gasteiger partial charge in [0, 0.05) is 12.6 Å². The largest absolute Gasteiger partial charge is 0.310 e. The van der Waals surface area contributed by atoms with Crippen LogP contribution in [0.5, 0.6) is 0 Å². The van der Waals surface area contributed by atoms with Crippen LogP contribution in [-0.4, -0.2) is 6.04 Å². The van der Waals surface area contributed by atoms with Gasteiger partial charge >= 0.3 is 0 Å². The molecule has 1 heteroatoms. The van der Waals surface area contributed by atoms with Gasteiger partial charge in [-0.05, 0) is 36.0 Å². The number of nitrogens with one attached hydrogen (secondary N) is 1. The third-order valence-electron chi connectivity index (χ3n) is 3.92. The fourth-order valence-electron chi connectivity index (χ4n) is 2.69. The monoisotopic (exact) mass is 263 g/mol. The number of hydrogen-bond acceptors (Lipinski definition) is 1. The lowest BCUT2D eigenvalue weighted by Gasteiger charge is -2.19. The molecule has 2 aromatic rings. The van der Waals surface area contributed by atoms with Gasteiger partial charge in [0.15, 0.2) is 0 Å². The van der Waals surface area contributed by atoms with Crippen LogP contribution in [0.25, 0.3) is 11.1 Å². The van der Waals surface area contributed by atoms with Gasteiger partial charge in [-0.25, -0.2) is 0 Å². The molecule has 1 nitrogen and oxygen atoms in total. The lowest BCUT2D eigenvalue weighted by molar-refractivity contribution is 0.474. The fourth-order valence-corrected chi connectivity index (χ4v) is 2.69. The lowest BCUT2D eigenvalue weighted by atomic mass is 10.0. The van der Waals surface area contributed by atoms with Gasteiger partial charge in [-0.15, -0.1) is 0 Å². The molecule has 1 N–H and O–H groups in total. The Balaban J connectivity index is 1.60. The van der Waals surface area contributed by atoms with E-state index in [9.17, 15) is 0 Å². The standard InChI is InChI=1S/C19H21N/c1-3-7-17(8-4-1)18-13-11-16(12-14-18)15-20-19-9-5-2-6-10-19/h1-5,7-8,11-14,19-20H,6,9-10,15H2. The van der Waals surface area contributed by atoms with E-state index in [1.165, 1.54) is 36.0 Å². The molecule has 2 aromatic carbocycles. The van der Waals surface area contributed by atoms with E-state index in [2.05, 4.69) is 72.1 Å². The van der Waals surface area contributed by atoms with Crippen molar-refractivity contribution < 1.29 is 0 Å². The smallest absolute Gasteiger partial charge is 0.0208 e. The maximum absolute atomic E-state index is 3.65. The Labute approximate surface area is 121 Å². The summed E-state index contributed by atoms with van der Waals surface area (Å²) in [5, 5.41) is 3.65. The molecule has 3 rings (SSSR count). The molecule has 102 valence electrons. The molecule has 0 amide bonds. The fraction of sp³-hybridized carbons (Fsp3) is 0.263. The first-order valence-corrected chi connectivity index (χ1v) is 7.44. The first-order valence-electron chi connectivity index (χ1n) is 7.44. The van der Waals surface area contributed by atoms with Crippen LogP contribution < -0.4 is 5.32 Å². The molecule has 20 heavy (non-hydrogen) atoms. The topological polar surface area (TPSA) is 12.0 Å². The molecule has 0 saturated carbocycles. The highest BCUT2D eigenvalue weighted by Gasteiger charge is 2.08. The third-order valence-corrected chi connectivity index (χ3v) is 3.92. The van der Waals surface area contributed by atoms with Crippen molar-refractivity contribution in [2.75, 3.05) is 0 Å². The molecule has 0 bridgehead atoms. The molecule has 0 saturated heterocycles. The van der Waals surface area contributed by atoms with Crippen molar-refractivity contribution in [3.05, 3.63) is 72.3 Å². The maximum atomic E-state index is 3.65. The quantitative estimate of drug-likeness (QED) is 0.798. The van der Waals surface area contributed by atoms with E-state index in [0.29, 0.717) is 6.04 Å². The normalized spacial score (nSPS) is 18.1. The SMILES string of the molecule is C1=CCC(NCc2ccc(-c3ccccc3)cc2)CC1. The van der Waals surface area contributed by atoms with Crippen molar-refractivity contribution in [2.45, 2.75) is 31.8 Å². The van der Waals surface area contributed by atoms with E-state index in [1.54, 1.807) is 0 Å². The van der Waals surface area contributed by atoms with Crippen molar-refractivity contribution >= 4 is 0 Å². The Kier molecular flexibility index (Phi) is 4.29. The van der Waals surface area contributed by atoms with Gasteiger partial charge in [0.2, 0.25) is 0 Å². The van der Waals surface area contributed by atoms with Crippen molar-refractivity contribution in [1.82, 2.24) is 5.32 Å². The average molecular weight is 263 g/mol. The zero-order valence-corrected chi connectivity index (χ0v) is 11.8. The molecule has 1 aliphatic rings. The Bertz CT molecular complexity index is 554. The molecule has 0 aromatic heterocycles. The summed E-state index contributed by atoms with van der Waals surface area (Å²) in [4.78, 5) is 0. The second kappa shape index (κ2) is 6.53. The molecule has 0 radical (unpaired) electrons. The molecule has 0 spiro atoms. The highest BCUT2D eigenvalue weighted by atomic mass is 14.9. The second-order valence-electron chi connectivity index (χ2n) is 5.43. The van der Waals surface area contributed by atoms with Crippen LogP contribution in [-0.2, 0) is 6.54 Å². The minimum absolute atomic E-state index is 0.647. The summed E-state index contributed by atoms with van der Waals surface area (Å²) in [6.45, 7) is 0.966. The Morgan fingerprint density at radius 2 is 1.60 bits per heavy atom. The molecular formula is C19H21N. The maximum Gasteiger partial charge on any atom is 0.0208 e. The van der Waals surface area contributed by atoms with Crippen LogP contribution in [0, 0.1) is 0 Å². The van der Waals surface area contributed by atoms with E-state index in [0.717, 1.165) is 6.54 Å². The van der Waals surface area contributed by atoms with Gasteiger partial charge in [0.25, 0.3) is 0 Å². The van der Waals surface area contributed by atoms with E-state index in [4.69, 9.17) is 0 Å². The highest BCUT2D eigenvalue weighted by Crippen LogP contribution is 2.19. The minimum Gasteiger partial charge on any atom is -0.310 e. The summed E-state index contributed by atoms with van der Waals surface area (Å²) in [6.07, 6.45) is 8.22. The van der Waals surface area contributed by atoms with Crippen LogP contribution in [0.15, 0.2) is 66.7 Å². The minimum atomic E-state index is 0.647. The first-order chi connectivity index (χ1) is 9.92. The summed E-state index contributed by atoms with van der Waals surface area (Å²) in [5.74, 6) is 0. The zero-order chi connectivity index (χ0) is 13.6. The summed E-state index contributed by atoms with van der Waals surface area (Å²) in [6, 6.07) is 20.1. The number of hydrogen-bond donors (Lipinski definition) is 1. The molecule has 1 aliphatic carbocycles. The van der Waals surface area contributed by atoms with Crippen LogP contribution in [0.4, 0.5) is 0 Å². The molecule has 0 fully saturated rings. The van der Waals surface area contributed by atoms with Gasteiger partial charge < -0.3 is 5.32 Å². The van der Waals surface area contributed by atoms with Crippen LogP contribution >= 0.6 is 0 Å². The van der Waals surface area contributed by atoms with Crippen molar-refractivity contribution in [1.29, 1.82) is 0 Å². The van der Waals surface area contributed by atoms with Gasteiger partial charge in [-0.2, -0.15) is 0 Å². The van der Waals surface area contributed by atoms with Crippen LogP contribution in [0.1, 0.15) is 24.8 Å². The van der Waals surface area contributed by atoms with Crippen molar-refractivity contribution in [3.63, 3.8) is 0 Å². The molecular weight excluding hydrogens is 242 g/mol. The summed E-state index contributed by atoms with van der Waals surface area (Å²) < 4.78 is 0. The van der Waals surface area contributed by atoms with E-state index < -0.39 is 0 Å². The van der Waals surface area contributed by atoms with E-state index in [-0.39, 0.29) is 0 Å². The van der Waals surface area contributed by atoms with Gasteiger partial charge in [-0.3, -0.25) is 0 Å². The molecule has 0 aliphatic heterocycles. The average Bonchev–Trinajstić information content (AvgIpc) is 2.55. The molecule has 1 atom stereocenters. The number of rotatable bonds is 4. The van der Waals surface area contributed by atoms with Crippen LogP contribution in [0.2, 0.25) is 0 Å². The first kappa shape index (κ1) is 13.1. The van der Waals surface area contributed by atoms with Crippen LogP contribution in [0.3, 0.4) is 0 Å². The Morgan fingerprint density at radius 1 is 0.850 bits per heavy atom. The van der Waals surface area contributed by atoms with E-state index in [1.807, 2.05) is 0 Å². The Hall–Kier alpha value is -1.86. The molecule has 1 unspecified atom stereocenters. The van der Waals surface area contributed by atoms with E-state index >= 15 is 0 Å². The predicted molar refractivity (Wildman–Crippen MR) is 85.5 cm³/mol. The summed E-state index contributed by atoms with van der Waals surface area (Å²) >= 11 is 0. The van der Waals surface area contributed by atoms with Crippen molar-refractivity contribution in [2.24, 2.45) is 0 Å². The zero-order valence-electron chi connectivity index (χ0n) is 11.8.